The summed E-state index contributed by atoms with van der Waals surface area (Å²) < 4.78 is 21.1. The number of cyclic esters (lactones) is 2. The number of aliphatic hydroxyl groups excluding tert-OH is 1. The van der Waals surface area contributed by atoms with Gasteiger partial charge in [0.2, 0.25) is 23.6 Å². The standard InChI is InChI=1S/C25H42N4O7.C25H40N4O7/c2*1-24(2,3)36-23(34)28-17-10-8-12-35-22(33)26-11-7-6-9-15(14-30)27-20(31)19-18-16(25(18,4)5)13-29(19)21(17)32/h15-19,30H,6-14H2,1-5H3,(H,26,33)(H,27,31)(H,28,34);14-19H,6-13H2,1-5H3,(H,26,33)(H,27,31)(H,28,34)/t2*15-,16-,17-,18-,19-/m00/s1. The average Bonchev–Trinajstić information content (AvgIpc) is 3.72. The molecule has 406 valence electrons. The third kappa shape index (κ3) is 15.3. The van der Waals surface area contributed by atoms with Crippen molar-refractivity contribution >= 4 is 54.3 Å². The van der Waals surface area contributed by atoms with Crippen molar-refractivity contribution in [3.8, 4) is 0 Å². The van der Waals surface area contributed by atoms with Crippen LogP contribution in [0, 0.1) is 34.5 Å². The minimum absolute atomic E-state index is 0.00945. The molecular formula is C50H82N8O14. The summed E-state index contributed by atoms with van der Waals surface area (Å²) in [7, 11) is 0. The van der Waals surface area contributed by atoms with Crippen LogP contribution in [0.5, 0.6) is 0 Å². The van der Waals surface area contributed by atoms with E-state index in [1.54, 1.807) is 46.4 Å². The molecule has 72 heavy (non-hydrogen) atoms. The summed E-state index contributed by atoms with van der Waals surface area (Å²) in [6.45, 7) is 20.3. The van der Waals surface area contributed by atoms with E-state index < -0.39 is 71.8 Å². The van der Waals surface area contributed by atoms with E-state index in [1.165, 1.54) is 4.90 Å². The molecule has 0 radical (unpaired) electrons. The lowest BCUT2D eigenvalue weighted by molar-refractivity contribution is -0.142. The van der Waals surface area contributed by atoms with Crippen LogP contribution in [0.1, 0.15) is 133 Å². The molecule has 0 bridgehead atoms. The summed E-state index contributed by atoms with van der Waals surface area (Å²) in [5.41, 5.74) is -1.66. The SMILES string of the molecule is CC(C)(C)OC(=O)N[C@H]1CCCOC(=O)NCCCC[C@@H](C=O)NC(=O)[C@@H]2[C@@H]3[C@H](CN2C1=O)C3(C)C.CC(C)(C)OC(=O)N[C@H]1CCCOC(=O)NCCCC[C@@H](CO)NC(=O)[C@@H]2[C@@H]3[C@H](CN2C1=O)C3(C)C. The molecule has 6 rings (SSSR count). The lowest BCUT2D eigenvalue weighted by Gasteiger charge is -2.34. The van der Waals surface area contributed by atoms with Crippen LogP contribution in [0.2, 0.25) is 0 Å². The molecule has 22 heteroatoms. The van der Waals surface area contributed by atoms with Crippen LogP contribution < -0.4 is 31.9 Å². The molecule has 4 heterocycles. The molecule has 4 saturated heterocycles. The molecule has 6 aliphatic rings. The monoisotopic (exact) mass is 1020 g/mol. The number of aliphatic hydroxyl groups is 1. The molecule has 2 saturated carbocycles. The van der Waals surface area contributed by atoms with Gasteiger partial charge in [-0.2, -0.15) is 0 Å². The van der Waals surface area contributed by atoms with Gasteiger partial charge in [-0.25, -0.2) is 19.2 Å². The smallest absolute Gasteiger partial charge is 0.408 e. The number of carbonyl (C=O) groups excluding carboxylic acids is 9. The predicted molar refractivity (Wildman–Crippen MR) is 261 cm³/mol. The van der Waals surface area contributed by atoms with Crippen molar-refractivity contribution in [2.75, 3.05) is 46.0 Å². The second-order valence-electron chi connectivity index (χ2n) is 23.2. The van der Waals surface area contributed by atoms with Crippen LogP contribution in [0.4, 0.5) is 19.2 Å². The number of ether oxygens (including phenoxy) is 4. The summed E-state index contributed by atoms with van der Waals surface area (Å²) in [5.74, 6) is -1.05. The van der Waals surface area contributed by atoms with Crippen molar-refractivity contribution in [1.29, 1.82) is 0 Å². The summed E-state index contributed by atoms with van der Waals surface area (Å²) in [6.07, 6.45) is 2.80. The maximum Gasteiger partial charge on any atom is 0.408 e. The maximum absolute atomic E-state index is 13.7. The highest BCUT2D eigenvalue weighted by Crippen LogP contribution is 2.66. The van der Waals surface area contributed by atoms with Crippen LogP contribution in [-0.2, 0) is 42.9 Å². The van der Waals surface area contributed by atoms with E-state index in [0.717, 1.165) is 0 Å². The zero-order valence-corrected chi connectivity index (χ0v) is 44.0. The van der Waals surface area contributed by atoms with Crippen LogP contribution in [0.3, 0.4) is 0 Å². The summed E-state index contributed by atoms with van der Waals surface area (Å²) >= 11 is 0. The molecule has 10 atom stereocenters. The van der Waals surface area contributed by atoms with Gasteiger partial charge < -0.3 is 70.5 Å². The molecule has 2 aliphatic carbocycles. The Morgan fingerprint density at radius 2 is 1.07 bits per heavy atom. The molecule has 6 fully saturated rings. The topological polar surface area (TPSA) is 289 Å². The molecule has 0 aromatic carbocycles. The Hall–Kier alpha value is -5.41. The largest absolute Gasteiger partial charge is 0.450 e. The Labute approximate surface area is 423 Å². The third-order valence-corrected chi connectivity index (χ3v) is 14.8. The Bertz CT molecular complexity index is 1990. The number of amides is 8. The van der Waals surface area contributed by atoms with Crippen molar-refractivity contribution in [3.05, 3.63) is 0 Å². The maximum atomic E-state index is 13.7. The van der Waals surface area contributed by atoms with Gasteiger partial charge in [0.25, 0.3) is 0 Å². The molecule has 0 spiro atoms. The Kier molecular flexibility index (Phi) is 19.2. The molecule has 8 amide bonds. The number of rotatable bonds is 4. The van der Waals surface area contributed by atoms with E-state index >= 15 is 0 Å². The van der Waals surface area contributed by atoms with Crippen molar-refractivity contribution in [2.24, 2.45) is 34.5 Å². The predicted octanol–water partition coefficient (Wildman–Crippen LogP) is 3.27. The van der Waals surface area contributed by atoms with E-state index in [9.17, 15) is 48.3 Å². The third-order valence-electron chi connectivity index (χ3n) is 14.8. The van der Waals surface area contributed by atoms with E-state index in [-0.39, 0.29) is 90.8 Å². The fraction of sp³-hybridized carbons (Fsp3) is 0.820. The number of fused-ring (bicyclic) bond motifs is 6. The lowest BCUT2D eigenvalue weighted by Crippen LogP contribution is -2.57. The number of alkyl carbamates (subject to hydrolysis) is 4. The minimum atomic E-state index is -0.958. The van der Waals surface area contributed by atoms with Crippen molar-refractivity contribution < 1.29 is 67.2 Å². The highest BCUT2D eigenvalue weighted by molar-refractivity contribution is 5.94. The van der Waals surface area contributed by atoms with Crippen molar-refractivity contribution in [2.45, 2.75) is 181 Å². The first kappa shape index (κ1) is 57.5. The van der Waals surface area contributed by atoms with Gasteiger partial charge in [-0.1, -0.05) is 27.7 Å². The Morgan fingerprint density at radius 1 is 0.653 bits per heavy atom. The van der Waals surface area contributed by atoms with E-state index in [2.05, 4.69) is 59.6 Å². The fourth-order valence-corrected chi connectivity index (χ4v) is 10.8. The number of hydrogen-bond acceptors (Lipinski definition) is 14. The average molecular weight is 1020 g/mol. The van der Waals surface area contributed by atoms with Gasteiger partial charge in [-0.15, -0.1) is 0 Å². The van der Waals surface area contributed by atoms with Crippen LogP contribution in [-0.4, -0.2) is 163 Å². The molecule has 4 aliphatic heterocycles. The zero-order valence-electron chi connectivity index (χ0n) is 44.0. The first-order chi connectivity index (χ1) is 33.7. The molecule has 0 aromatic rings. The van der Waals surface area contributed by atoms with Crippen LogP contribution in [0.25, 0.3) is 0 Å². The summed E-state index contributed by atoms with van der Waals surface area (Å²) in [4.78, 5) is 118. The second kappa shape index (κ2) is 24.1. The molecule has 0 aromatic heterocycles. The number of hydrogen-bond donors (Lipinski definition) is 7. The molecule has 7 N–H and O–H groups in total. The minimum Gasteiger partial charge on any atom is -0.450 e. The lowest BCUT2D eigenvalue weighted by atomic mass is 9.98. The van der Waals surface area contributed by atoms with Gasteiger partial charge in [-0.3, -0.25) is 19.2 Å². The second-order valence-corrected chi connectivity index (χ2v) is 23.2. The van der Waals surface area contributed by atoms with Crippen molar-refractivity contribution in [1.82, 2.24) is 41.7 Å². The van der Waals surface area contributed by atoms with Gasteiger partial charge >= 0.3 is 24.4 Å². The van der Waals surface area contributed by atoms with Crippen LogP contribution in [0.15, 0.2) is 0 Å². The van der Waals surface area contributed by atoms with Gasteiger partial charge in [-0.05, 0) is 140 Å². The Morgan fingerprint density at radius 3 is 1.47 bits per heavy atom. The molecule has 22 nitrogen and oxygen atoms in total. The Balaban J connectivity index is 0.000000267. The van der Waals surface area contributed by atoms with E-state index in [0.29, 0.717) is 83.8 Å². The van der Waals surface area contributed by atoms with E-state index in [1.807, 2.05) is 0 Å². The molecular weight excluding hydrogens is 937 g/mol. The van der Waals surface area contributed by atoms with Gasteiger partial charge in [0.15, 0.2) is 0 Å². The fourth-order valence-electron chi connectivity index (χ4n) is 10.8. The number of carbonyl (C=O) groups is 9. The quantitative estimate of drug-likeness (QED) is 0.157. The summed E-state index contributed by atoms with van der Waals surface area (Å²) in [5, 5.41) is 26.2. The van der Waals surface area contributed by atoms with Gasteiger partial charge in [0, 0.05) is 26.2 Å². The highest BCUT2D eigenvalue weighted by Gasteiger charge is 2.70. The normalized spacial score (nSPS) is 31.6. The first-order valence-corrected chi connectivity index (χ1v) is 25.8. The number of piperidine rings is 2. The van der Waals surface area contributed by atoms with Gasteiger partial charge in [0.1, 0.15) is 41.7 Å². The van der Waals surface area contributed by atoms with Gasteiger partial charge in [0.05, 0.1) is 31.9 Å². The number of nitrogens with zero attached hydrogens (tertiary/aromatic N) is 2. The number of nitrogens with one attached hydrogen (secondary N) is 6. The number of aldehydes is 1. The summed E-state index contributed by atoms with van der Waals surface area (Å²) in [6, 6.07) is -4.43. The zero-order chi connectivity index (χ0) is 53.3. The molecule has 0 unspecified atom stereocenters. The highest BCUT2D eigenvalue weighted by atomic mass is 16.6. The van der Waals surface area contributed by atoms with E-state index in [4.69, 9.17) is 18.9 Å². The first-order valence-electron chi connectivity index (χ1n) is 25.8. The van der Waals surface area contributed by atoms with Crippen molar-refractivity contribution in [3.63, 3.8) is 0 Å². The van der Waals surface area contributed by atoms with Crippen LogP contribution >= 0.6 is 0 Å².